The third-order valence-corrected chi connectivity index (χ3v) is 23.1. The summed E-state index contributed by atoms with van der Waals surface area (Å²) in [5, 5.41) is 9.54. The molecule has 8 heterocycles. The quantitative estimate of drug-likeness (QED) is 0.216. The van der Waals surface area contributed by atoms with Crippen LogP contribution in [0.25, 0.3) is 6.08 Å². The number of likely N-dealkylation sites (tertiary alicyclic amines) is 1. The molecule has 104 heavy (non-hydrogen) atoms. The van der Waals surface area contributed by atoms with E-state index in [0.717, 1.165) is 5.56 Å². The molecular formula is C77H110Cl2N12O13. The van der Waals surface area contributed by atoms with E-state index in [1.807, 2.05) is 63.3 Å². The molecule has 0 aromatic heterocycles. The van der Waals surface area contributed by atoms with E-state index < -0.39 is 162 Å². The standard InChI is InChI=1S/C77H110Cl2N12O13/c1-12-49(5)66-74(101)84(7)48-65(94)86(9)59-28-21-18-22-41-90(73(59)100)62-43-52-31-29-50(30-32-52)26-19-16-17-20-27-58(68(95)81-66)85(8)64(93)45-61(72(99)89-39-23-24-40-89)87(10)75(102)67(53(13-2)14-3)88(11)76(103)77(37-25-38-77)82-69(96)60-44-54(104-15-4)46-91(60)70(97)57(80-63(92)47-83(6)71(62)98)36-34-51-33-35-55(78)56(79)42-51/h18-19,21,26,29-33,35,42,49,53-54,57-62,66-67H,12-17,20,22-25,27-28,34,36-41,43-48H2,1-11H3,(H,80,92)(H,81,95)(H,82,96)/b21-18-,26-19?/t49-,54+,57-,58-,59-,60-,61-,62-,66-,67-/m0/s1. The Kier molecular flexibility index (Phi) is 29.4. The van der Waals surface area contributed by atoms with Crippen LogP contribution in [0.4, 0.5) is 0 Å². The number of allylic oxidation sites excluding steroid dienone is 1. The van der Waals surface area contributed by atoms with E-state index in [1.165, 1.54) is 81.5 Å². The number of rotatable bonds is 11. The summed E-state index contributed by atoms with van der Waals surface area (Å²) in [7, 11) is 8.76. The zero-order chi connectivity index (χ0) is 75.9. The Morgan fingerprint density at radius 3 is 1.94 bits per heavy atom. The van der Waals surface area contributed by atoms with Crippen LogP contribution < -0.4 is 16.0 Å². The van der Waals surface area contributed by atoms with E-state index in [9.17, 15) is 14.4 Å². The topological polar surface area (TPSA) is 279 Å². The average molecular weight is 1480 g/mol. The first-order valence-electron chi connectivity index (χ1n) is 37.4. The fourth-order valence-electron chi connectivity index (χ4n) is 15.4. The van der Waals surface area contributed by atoms with Gasteiger partial charge in [-0.2, -0.15) is 0 Å². The van der Waals surface area contributed by atoms with Crippen molar-refractivity contribution >= 4 is 100 Å². The number of amides is 12. The molecule has 27 heteroatoms. The average Bonchev–Trinajstić information content (AvgIpc) is 1.11. The molecule has 3 saturated heterocycles. The normalized spacial score (nSPS) is 27.0. The SMILES string of the molecule is CCO[C@@H]1C[C@H]2C(=O)NC3(CCC3)C(=O)N(C)[C@@H](C(CC)CC)C(=O)N(C)[C@H](C(=O)N3CCCC3)CC(=O)N(C)[C@H]3CCCCC=Cc4ccc(cc4)C[C@@H](C(=O)N(C)CC(=O)N[C@@H](CCc4ccc(Cl)c(Cl)c4)C(=O)N2C1)N1CC/C=C\C[C@@H](C1=O)N(C)C(=O)CN(C)C(=O)[C@H]([C@@H](C)CC)NC3=O. The predicted molar refractivity (Wildman–Crippen MR) is 396 cm³/mol. The summed E-state index contributed by atoms with van der Waals surface area (Å²) in [6.07, 6.45) is 12.1. The molecule has 1 aliphatic carbocycles. The molecule has 3 N–H and O–H groups in total. The third-order valence-electron chi connectivity index (χ3n) is 22.4. The van der Waals surface area contributed by atoms with Gasteiger partial charge in [0, 0.05) is 87.9 Å². The second-order valence-electron chi connectivity index (χ2n) is 29.3. The Labute approximate surface area is 623 Å². The zero-order valence-corrected chi connectivity index (χ0v) is 64.2. The fraction of sp³-hybridized carbons (Fsp3) is 0.636. The lowest BCUT2D eigenvalue weighted by Gasteiger charge is -2.47. The van der Waals surface area contributed by atoms with Crippen molar-refractivity contribution in [1.82, 2.24) is 60.0 Å². The molecule has 2 aromatic carbocycles. The van der Waals surface area contributed by atoms with Crippen LogP contribution in [0.1, 0.15) is 160 Å². The summed E-state index contributed by atoms with van der Waals surface area (Å²) < 4.78 is 6.13. The van der Waals surface area contributed by atoms with Crippen LogP contribution >= 0.6 is 23.2 Å². The van der Waals surface area contributed by atoms with E-state index >= 15 is 43.2 Å². The van der Waals surface area contributed by atoms with Gasteiger partial charge < -0.3 is 64.8 Å². The second-order valence-corrected chi connectivity index (χ2v) is 30.1. The Hall–Kier alpha value is -7.90. The number of benzene rings is 2. The number of nitrogens with one attached hydrogen (secondary N) is 3. The third kappa shape index (κ3) is 19.6. The first-order chi connectivity index (χ1) is 49.6. The minimum Gasteiger partial charge on any atom is -0.377 e. The maximum absolute atomic E-state index is 15.8. The van der Waals surface area contributed by atoms with E-state index in [-0.39, 0.29) is 76.1 Å². The number of likely N-dealkylation sites (N-methyl/N-ethyl adjacent to an activating group) is 6. The summed E-state index contributed by atoms with van der Waals surface area (Å²) >= 11 is 12.8. The number of hydrogen-bond donors (Lipinski definition) is 3. The number of carbonyl (C=O) groups is 12. The lowest BCUT2D eigenvalue weighted by atomic mass is 9.74. The van der Waals surface area contributed by atoms with Crippen molar-refractivity contribution in [3.05, 3.63) is 87.4 Å². The maximum Gasteiger partial charge on any atom is 0.248 e. The Morgan fingerprint density at radius 1 is 0.615 bits per heavy atom. The Morgan fingerprint density at radius 2 is 1.30 bits per heavy atom. The monoisotopic (exact) mass is 1480 g/mol. The number of halogens is 2. The van der Waals surface area contributed by atoms with Gasteiger partial charge in [-0.3, -0.25) is 57.5 Å². The number of carbonyl (C=O) groups excluding carboxylic acids is 12. The second kappa shape index (κ2) is 37.4. The zero-order valence-electron chi connectivity index (χ0n) is 62.7. The van der Waals surface area contributed by atoms with Gasteiger partial charge in [0.15, 0.2) is 0 Å². The molecule has 1 spiro atoms. The summed E-state index contributed by atoms with van der Waals surface area (Å²) in [6, 6.07) is 2.50. The molecule has 2 aromatic rings. The molecule has 0 radical (unpaired) electrons. The summed E-state index contributed by atoms with van der Waals surface area (Å²) in [4.78, 5) is 195. The molecule has 10 atom stereocenters. The largest absolute Gasteiger partial charge is 0.377 e. The van der Waals surface area contributed by atoms with Gasteiger partial charge in [-0.15, -0.1) is 0 Å². The van der Waals surface area contributed by atoms with Gasteiger partial charge in [0.05, 0.1) is 35.7 Å². The van der Waals surface area contributed by atoms with Crippen molar-refractivity contribution in [1.29, 1.82) is 0 Å². The molecule has 12 amide bonds. The number of ether oxygens (including phenoxy) is 1. The van der Waals surface area contributed by atoms with Crippen LogP contribution in [-0.4, -0.2) is 263 Å². The molecule has 8 aliphatic heterocycles. The molecule has 4 fully saturated rings. The Balaban J connectivity index is 1.27. The van der Waals surface area contributed by atoms with Crippen LogP contribution in [0.2, 0.25) is 10.0 Å². The van der Waals surface area contributed by atoms with Crippen LogP contribution in [-0.2, 0) is 75.1 Å². The lowest BCUT2D eigenvalue weighted by Crippen LogP contribution is -2.68. The summed E-state index contributed by atoms with van der Waals surface area (Å²) in [6.45, 7) is 9.06. The van der Waals surface area contributed by atoms with E-state index in [1.54, 1.807) is 43.0 Å². The molecule has 570 valence electrons. The van der Waals surface area contributed by atoms with Gasteiger partial charge >= 0.3 is 0 Å². The van der Waals surface area contributed by atoms with Crippen molar-refractivity contribution in [2.45, 2.75) is 217 Å². The smallest absolute Gasteiger partial charge is 0.248 e. The van der Waals surface area contributed by atoms with Crippen LogP contribution in [0.5, 0.6) is 0 Å². The molecule has 25 nitrogen and oxygen atoms in total. The van der Waals surface area contributed by atoms with E-state index in [4.69, 9.17) is 27.9 Å². The highest BCUT2D eigenvalue weighted by molar-refractivity contribution is 6.42. The first kappa shape index (κ1) is 81.8. The van der Waals surface area contributed by atoms with Crippen LogP contribution in [0, 0.1) is 11.8 Å². The van der Waals surface area contributed by atoms with Gasteiger partial charge in [-0.25, -0.2) is 0 Å². The van der Waals surface area contributed by atoms with Crippen LogP contribution in [0.3, 0.4) is 0 Å². The maximum atomic E-state index is 15.8. The molecule has 11 rings (SSSR count). The summed E-state index contributed by atoms with van der Waals surface area (Å²) in [5.74, 6) is -8.41. The van der Waals surface area contributed by atoms with Crippen molar-refractivity contribution in [3.8, 4) is 0 Å². The van der Waals surface area contributed by atoms with E-state index in [0.29, 0.717) is 93.4 Å². The highest BCUT2D eigenvalue weighted by Gasteiger charge is 2.53. The van der Waals surface area contributed by atoms with Crippen molar-refractivity contribution < 1.29 is 62.3 Å². The molecule has 0 unspecified atom stereocenters. The van der Waals surface area contributed by atoms with Gasteiger partial charge in [-0.05, 0) is 125 Å². The molecule has 1 saturated carbocycles. The number of aryl methyl sites for hydroxylation is 1. The molecular weight excluding hydrogens is 1370 g/mol. The van der Waals surface area contributed by atoms with Gasteiger partial charge in [0.1, 0.15) is 53.9 Å². The number of nitrogens with zero attached hydrogens (tertiary/aromatic N) is 9. The highest BCUT2D eigenvalue weighted by atomic mass is 35.5. The first-order valence-corrected chi connectivity index (χ1v) is 38.2. The van der Waals surface area contributed by atoms with E-state index in [2.05, 4.69) is 16.0 Å². The van der Waals surface area contributed by atoms with Crippen molar-refractivity contribution in [3.63, 3.8) is 0 Å². The van der Waals surface area contributed by atoms with Crippen LogP contribution in [0.15, 0.2) is 60.7 Å². The minimum atomic E-state index is -1.55. The lowest BCUT2D eigenvalue weighted by molar-refractivity contribution is -0.158. The highest BCUT2D eigenvalue weighted by Crippen LogP contribution is 2.37. The number of hydrogen-bond acceptors (Lipinski definition) is 13. The fourth-order valence-corrected chi connectivity index (χ4v) is 15.7. The van der Waals surface area contributed by atoms with Gasteiger partial charge in [-0.1, -0.05) is 131 Å². The van der Waals surface area contributed by atoms with Gasteiger partial charge in [0.25, 0.3) is 0 Å². The van der Waals surface area contributed by atoms with Crippen molar-refractivity contribution in [2.75, 3.05) is 88.2 Å². The predicted octanol–water partition coefficient (Wildman–Crippen LogP) is 6.05. The summed E-state index contributed by atoms with van der Waals surface area (Å²) in [5.41, 5.74) is 0.626. The van der Waals surface area contributed by atoms with Crippen molar-refractivity contribution in [2.24, 2.45) is 11.8 Å². The Bertz CT molecular complexity index is 3500. The molecule has 9 aliphatic rings. The minimum absolute atomic E-state index is 0.0111. The van der Waals surface area contributed by atoms with Gasteiger partial charge in [0.2, 0.25) is 70.9 Å². The molecule has 6 bridgehead atoms.